The minimum Gasteiger partial charge on any atom is -0.331 e. The molecule has 1 aromatic heterocycles. The highest BCUT2D eigenvalue weighted by atomic mass is 19.4. The average Bonchev–Trinajstić information content (AvgIpc) is 3.04. The SMILES string of the molecule is C/C(=C\N(C)N(C)C(F)(F)F)c1cc(Cn2ccnc2C)cc2c1CCCC2. The molecular weight excluding hydrogens is 365 g/mol. The number of nitrogens with zero attached hydrogens (tertiary/aromatic N) is 4. The topological polar surface area (TPSA) is 24.3 Å². The number of hydrazine groups is 1. The van der Waals surface area contributed by atoms with Crippen molar-refractivity contribution in [1.82, 2.24) is 19.6 Å². The van der Waals surface area contributed by atoms with Crippen LogP contribution < -0.4 is 0 Å². The van der Waals surface area contributed by atoms with Crippen molar-refractivity contribution in [1.29, 1.82) is 0 Å². The van der Waals surface area contributed by atoms with E-state index in [0.29, 0.717) is 6.54 Å². The number of aromatic nitrogens is 2. The molecule has 0 aliphatic heterocycles. The van der Waals surface area contributed by atoms with Gasteiger partial charge in [-0.3, -0.25) is 0 Å². The Morgan fingerprint density at radius 1 is 1.21 bits per heavy atom. The van der Waals surface area contributed by atoms with Crippen LogP contribution in [0.15, 0.2) is 30.7 Å². The fourth-order valence-electron chi connectivity index (χ4n) is 3.76. The summed E-state index contributed by atoms with van der Waals surface area (Å²) in [6.07, 6.45) is 5.13. The van der Waals surface area contributed by atoms with Gasteiger partial charge >= 0.3 is 6.30 Å². The zero-order valence-corrected chi connectivity index (χ0v) is 16.8. The largest absolute Gasteiger partial charge is 0.477 e. The predicted octanol–water partition coefficient (Wildman–Crippen LogP) is 4.78. The second kappa shape index (κ2) is 7.99. The first-order valence-electron chi connectivity index (χ1n) is 9.51. The molecule has 7 heteroatoms. The van der Waals surface area contributed by atoms with Gasteiger partial charge in [0.25, 0.3) is 0 Å². The minimum absolute atomic E-state index is 0.279. The number of allylic oxidation sites excluding steroid dienone is 1. The van der Waals surface area contributed by atoms with Crippen LogP contribution in [0, 0.1) is 6.92 Å². The van der Waals surface area contributed by atoms with Crippen molar-refractivity contribution in [3.05, 3.63) is 58.8 Å². The van der Waals surface area contributed by atoms with Crippen LogP contribution in [-0.2, 0) is 19.4 Å². The van der Waals surface area contributed by atoms with Gasteiger partial charge in [0.05, 0.1) is 0 Å². The summed E-state index contributed by atoms with van der Waals surface area (Å²) in [5.74, 6) is 0.943. The van der Waals surface area contributed by atoms with Crippen molar-refractivity contribution in [3.8, 4) is 0 Å². The molecule has 1 aliphatic carbocycles. The van der Waals surface area contributed by atoms with Crippen LogP contribution in [0.4, 0.5) is 13.2 Å². The molecule has 0 saturated carbocycles. The lowest BCUT2D eigenvalue weighted by atomic mass is 9.84. The molecule has 4 nitrogen and oxygen atoms in total. The molecule has 0 N–H and O–H groups in total. The first kappa shape index (κ1) is 20.5. The van der Waals surface area contributed by atoms with Crippen LogP contribution in [0.25, 0.3) is 5.57 Å². The molecule has 28 heavy (non-hydrogen) atoms. The highest BCUT2D eigenvalue weighted by Crippen LogP contribution is 2.31. The van der Waals surface area contributed by atoms with E-state index in [1.54, 1.807) is 12.4 Å². The normalized spacial score (nSPS) is 15.1. The summed E-state index contributed by atoms with van der Waals surface area (Å²) in [5, 5.41) is 1.37. The minimum atomic E-state index is -4.41. The van der Waals surface area contributed by atoms with Gasteiger partial charge in [-0.25, -0.2) is 4.98 Å². The van der Waals surface area contributed by atoms with Gasteiger partial charge in [0.15, 0.2) is 0 Å². The molecule has 2 aromatic rings. The van der Waals surface area contributed by atoms with Crippen molar-refractivity contribution < 1.29 is 13.2 Å². The number of rotatable bonds is 5. The van der Waals surface area contributed by atoms with Gasteiger partial charge in [0.1, 0.15) is 5.82 Å². The van der Waals surface area contributed by atoms with E-state index in [2.05, 4.69) is 21.7 Å². The lowest BCUT2D eigenvalue weighted by Gasteiger charge is -2.29. The summed E-state index contributed by atoms with van der Waals surface area (Å²) in [7, 11) is 2.44. The molecule has 0 fully saturated rings. The van der Waals surface area contributed by atoms with Gasteiger partial charge in [-0.15, -0.1) is 5.01 Å². The third-order valence-corrected chi connectivity index (χ3v) is 5.45. The molecule has 152 valence electrons. The van der Waals surface area contributed by atoms with Gasteiger partial charge < -0.3 is 9.58 Å². The molecule has 0 amide bonds. The van der Waals surface area contributed by atoms with E-state index in [0.717, 1.165) is 60.3 Å². The number of imidazole rings is 1. The summed E-state index contributed by atoms with van der Waals surface area (Å²) in [5.41, 5.74) is 5.62. The zero-order valence-electron chi connectivity index (χ0n) is 16.8. The van der Waals surface area contributed by atoms with E-state index < -0.39 is 6.30 Å². The smallest absolute Gasteiger partial charge is 0.331 e. The van der Waals surface area contributed by atoms with Crippen LogP contribution >= 0.6 is 0 Å². The third-order valence-electron chi connectivity index (χ3n) is 5.45. The van der Waals surface area contributed by atoms with Crippen molar-refractivity contribution in [2.24, 2.45) is 0 Å². The van der Waals surface area contributed by atoms with E-state index in [1.807, 2.05) is 20.0 Å². The highest BCUT2D eigenvalue weighted by Gasteiger charge is 2.36. The Morgan fingerprint density at radius 2 is 1.93 bits per heavy atom. The number of halogens is 3. The van der Waals surface area contributed by atoms with Crippen molar-refractivity contribution in [2.45, 2.75) is 52.4 Å². The molecule has 0 bridgehead atoms. The van der Waals surface area contributed by atoms with Gasteiger partial charge in [0, 0.05) is 39.2 Å². The van der Waals surface area contributed by atoms with Gasteiger partial charge in [0.2, 0.25) is 0 Å². The summed E-state index contributed by atoms with van der Waals surface area (Å²) in [6.45, 7) is 4.56. The molecule has 1 aromatic carbocycles. The Labute approximate surface area is 164 Å². The van der Waals surface area contributed by atoms with Crippen LogP contribution in [0.3, 0.4) is 0 Å². The quantitative estimate of drug-likeness (QED) is 0.541. The Hall–Kier alpha value is -2.28. The molecule has 0 unspecified atom stereocenters. The first-order chi connectivity index (χ1) is 13.2. The second-order valence-electron chi connectivity index (χ2n) is 7.47. The average molecular weight is 392 g/mol. The summed E-state index contributed by atoms with van der Waals surface area (Å²) in [4.78, 5) is 4.27. The fourth-order valence-corrected chi connectivity index (χ4v) is 3.76. The maximum atomic E-state index is 13.0. The Bertz CT molecular complexity index is 867. The Kier molecular flexibility index (Phi) is 5.84. The molecule has 1 heterocycles. The van der Waals surface area contributed by atoms with Crippen LogP contribution in [0.5, 0.6) is 0 Å². The standard InChI is InChI=1S/C21H27F3N4/c1-15(13-26(3)27(4)21(22,23)24)20-12-17(14-28-10-9-25-16(28)2)11-18-7-5-6-8-19(18)20/h9-13H,5-8,14H2,1-4H3/b15-13+. The Morgan fingerprint density at radius 3 is 2.57 bits per heavy atom. The number of hydrogen-bond donors (Lipinski definition) is 0. The van der Waals surface area contributed by atoms with E-state index >= 15 is 0 Å². The van der Waals surface area contributed by atoms with Crippen LogP contribution in [0.2, 0.25) is 0 Å². The summed E-state index contributed by atoms with van der Waals surface area (Å²) in [6, 6.07) is 4.37. The van der Waals surface area contributed by atoms with Gasteiger partial charge in [-0.05, 0) is 73.4 Å². The van der Waals surface area contributed by atoms with E-state index in [1.165, 1.54) is 18.2 Å². The van der Waals surface area contributed by atoms with Crippen molar-refractivity contribution >= 4 is 5.57 Å². The zero-order chi connectivity index (χ0) is 20.5. The predicted molar refractivity (Wildman–Crippen MR) is 104 cm³/mol. The van der Waals surface area contributed by atoms with Crippen LogP contribution in [0.1, 0.15) is 47.8 Å². The second-order valence-corrected chi connectivity index (χ2v) is 7.47. The van der Waals surface area contributed by atoms with Crippen molar-refractivity contribution in [2.75, 3.05) is 14.1 Å². The molecule has 3 rings (SSSR count). The molecule has 1 aliphatic rings. The van der Waals surface area contributed by atoms with E-state index in [4.69, 9.17) is 0 Å². The third kappa shape index (κ3) is 4.41. The lowest BCUT2D eigenvalue weighted by molar-refractivity contribution is -0.288. The van der Waals surface area contributed by atoms with E-state index in [9.17, 15) is 13.2 Å². The molecule has 0 saturated heterocycles. The van der Waals surface area contributed by atoms with Crippen LogP contribution in [-0.4, -0.2) is 40.0 Å². The molecule has 0 radical (unpaired) electrons. The molecular formula is C21H27F3N4. The lowest BCUT2D eigenvalue weighted by Crippen LogP contribution is -2.43. The monoisotopic (exact) mass is 392 g/mol. The molecule has 0 atom stereocenters. The first-order valence-corrected chi connectivity index (χ1v) is 9.51. The Balaban J connectivity index is 1.97. The number of fused-ring (bicyclic) bond motifs is 1. The molecule has 0 spiro atoms. The van der Waals surface area contributed by atoms with Gasteiger partial charge in [-0.1, -0.05) is 6.07 Å². The van der Waals surface area contributed by atoms with Gasteiger partial charge in [-0.2, -0.15) is 13.2 Å². The number of benzene rings is 1. The number of aryl methyl sites for hydroxylation is 2. The summed E-state index contributed by atoms with van der Waals surface area (Å²) < 4.78 is 41.0. The van der Waals surface area contributed by atoms with E-state index in [-0.39, 0.29) is 5.01 Å². The fraction of sp³-hybridized carbons (Fsp3) is 0.476. The maximum Gasteiger partial charge on any atom is 0.477 e. The summed E-state index contributed by atoms with van der Waals surface area (Å²) >= 11 is 0. The maximum absolute atomic E-state index is 13.0. The van der Waals surface area contributed by atoms with Crippen molar-refractivity contribution in [3.63, 3.8) is 0 Å². The number of hydrogen-bond acceptors (Lipinski definition) is 3. The number of alkyl halides is 3. The highest BCUT2D eigenvalue weighted by molar-refractivity contribution is 5.68.